The molecule has 0 bridgehead atoms. The summed E-state index contributed by atoms with van der Waals surface area (Å²) in [4.78, 5) is 4.50. The number of rotatable bonds is 8. The number of hydrogen-bond donors (Lipinski definition) is 2. The van der Waals surface area contributed by atoms with E-state index in [4.69, 9.17) is 4.74 Å². The SMILES string of the molecule is CCCNc1cccc(NCC(C)(C)OCC)n1. The van der Waals surface area contributed by atoms with Gasteiger partial charge in [-0.05, 0) is 39.3 Å². The first kappa shape index (κ1) is 14.8. The van der Waals surface area contributed by atoms with E-state index in [1.54, 1.807) is 0 Å². The predicted octanol–water partition coefficient (Wildman–Crippen LogP) is 3.13. The van der Waals surface area contributed by atoms with Crippen LogP contribution in [0, 0.1) is 0 Å². The Morgan fingerprint density at radius 3 is 2.44 bits per heavy atom. The maximum atomic E-state index is 5.64. The Balaban J connectivity index is 2.51. The first-order chi connectivity index (χ1) is 8.57. The highest BCUT2D eigenvalue weighted by Gasteiger charge is 2.17. The summed E-state index contributed by atoms with van der Waals surface area (Å²) in [6.07, 6.45) is 1.09. The van der Waals surface area contributed by atoms with Crippen LogP contribution in [0.5, 0.6) is 0 Å². The first-order valence-electron chi connectivity index (χ1n) is 6.66. The zero-order valence-electron chi connectivity index (χ0n) is 11.9. The fourth-order valence-electron chi connectivity index (χ4n) is 1.63. The van der Waals surface area contributed by atoms with Gasteiger partial charge in [0.25, 0.3) is 0 Å². The van der Waals surface area contributed by atoms with Crippen LogP contribution < -0.4 is 10.6 Å². The summed E-state index contributed by atoms with van der Waals surface area (Å²) in [6, 6.07) is 5.95. The Bertz CT molecular complexity index is 353. The Morgan fingerprint density at radius 1 is 1.17 bits per heavy atom. The minimum absolute atomic E-state index is 0.177. The lowest BCUT2D eigenvalue weighted by atomic mass is 10.1. The molecule has 2 N–H and O–H groups in total. The van der Waals surface area contributed by atoms with Gasteiger partial charge in [-0.25, -0.2) is 4.98 Å². The van der Waals surface area contributed by atoms with Crippen LogP contribution in [0.1, 0.15) is 34.1 Å². The lowest BCUT2D eigenvalue weighted by molar-refractivity contribution is 0.000644. The van der Waals surface area contributed by atoms with Crippen molar-refractivity contribution in [2.24, 2.45) is 0 Å². The third-order valence-electron chi connectivity index (χ3n) is 2.54. The smallest absolute Gasteiger partial charge is 0.128 e. The summed E-state index contributed by atoms with van der Waals surface area (Å²) in [7, 11) is 0. The zero-order valence-corrected chi connectivity index (χ0v) is 11.9. The molecule has 102 valence electrons. The average molecular weight is 251 g/mol. The molecule has 1 aromatic rings. The van der Waals surface area contributed by atoms with Gasteiger partial charge in [-0.15, -0.1) is 0 Å². The Morgan fingerprint density at radius 2 is 1.83 bits per heavy atom. The van der Waals surface area contributed by atoms with Crippen LogP contribution in [0.2, 0.25) is 0 Å². The molecule has 0 unspecified atom stereocenters. The van der Waals surface area contributed by atoms with Crippen LogP contribution in [0.4, 0.5) is 11.6 Å². The maximum Gasteiger partial charge on any atom is 0.128 e. The highest BCUT2D eigenvalue weighted by molar-refractivity contribution is 5.45. The third kappa shape index (κ3) is 5.36. The highest BCUT2D eigenvalue weighted by atomic mass is 16.5. The molecule has 0 saturated heterocycles. The van der Waals surface area contributed by atoms with Gasteiger partial charge in [0.2, 0.25) is 0 Å². The third-order valence-corrected chi connectivity index (χ3v) is 2.54. The summed E-state index contributed by atoms with van der Waals surface area (Å²) < 4.78 is 5.64. The Labute approximate surface area is 110 Å². The van der Waals surface area contributed by atoms with E-state index in [-0.39, 0.29) is 5.60 Å². The molecule has 1 rings (SSSR count). The van der Waals surface area contributed by atoms with Gasteiger partial charge in [-0.2, -0.15) is 0 Å². The molecule has 0 aromatic carbocycles. The number of hydrogen-bond acceptors (Lipinski definition) is 4. The molecule has 0 aliphatic rings. The van der Waals surface area contributed by atoms with E-state index >= 15 is 0 Å². The molecule has 18 heavy (non-hydrogen) atoms. The molecule has 0 radical (unpaired) electrons. The summed E-state index contributed by atoms with van der Waals surface area (Å²) in [5.41, 5.74) is -0.177. The van der Waals surface area contributed by atoms with E-state index in [9.17, 15) is 0 Å². The first-order valence-corrected chi connectivity index (χ1v) is 6.66. The van der Waals surface area contributed by atoms with Crippen LogP contribution in [-0.4, -0.2) is 30.3 Å². The van der Waals surface area contributed by atoms with Crippen molar-refractivity contribution in [3.63, 3.8) is 0 Å². The van der Waals surface area contributed by atoms with Gasteiger partial charge in [0.15, 0.2) is 0 Å². The molecule has 0 aliphatic heterocycles. The van der Waals surface area contributed by atoms with Crippen molar-refractivity contribution in [2.75, 3.05) is 30.3 Å². The number of aromatic nitrogens is 1. The fraction of sp³-hybridized carbons (Fsp3) is 0.643. The second-order valence-electron chi connectivity index (χ2n) is 4.88. The van der Waals surface area contributed by atoms with Crippen molar-refractivity contribution >= 4 is 11.6 Å². The van der Waals surface area contributed by atoms with Gasteiger partial charge in [-0.1, -0.05) is 13.0 Å². The molecule has 0 amide bonds. The summed E-state index contributed by atoms with van der Waals surface area (Å²) in [5, 5.41) is 6.59. The Kier molecular flexibility index (Phi) is 5.92. The Hall–Kier alpha value is -1.29. The lowest BCUT2D eigenvalue weighted by Crippen LogP contribution is -2.33. The van der Waals surface area contributed by atoms with E-state index < -0.39 is 0 Å². The van der Waals surface area contributed by atoms with E-state index in [1.807, 2.05) is 25.1 Å². The molecule has 0 aliphatic carbocycles. The van der Waals surface area contributed by atoms with Crippen molar-refractivity contribution in [1.29, 1.82) is 0 Å². The number of nitrogens with zero attached hydrogens (tertiary/aromatic N) is 1. The van der Waals surface area contributed by atoms with Crippen LogP contribution in [0.15, 0.2) is 18.2 Å². The van der Waals surface area contributed by atoms with Crippen molar-refractivity contribution in [3.05, 3.63) is 18.2 Å². The number of nitrogens with one attached hydrogen (secondary N) is 2. The normalized spacial score (nSPS) is 11.3. The molecule has 1 heterocycles. The van der Waals surface area contributed by atoms with Gasteiger partial charge in [-0.3, -0.25) is 0 Å². The molecule has 4 heteroatoms. The van der Waals surface area contributed by atoms with Crippen molar-refractivity contribution in [1.82, 2.24) is 4.98 Å². The molecule has 0 spiro atoms. The quantitative estimate of drug-likeness (QED) is 0.745. The monoisotopic (exact) mass is 251 g/mol. The van der Waals surface area contributed by atoms with E-state index in [2.05, 4.69) is 36.4 Å². The van der Waals surface area contributed by atoms with Gasteiger partial charge in [0, 0.05) is 19.7 Å². The van der Waals surface area contributed by atoms with E-state index in [0.29, 0.717) is 0 Å². The molecule has 0 saturated carbocycles. The van der Waals surface area contributed by atoms with Crippen molar-refractivity contribution in [2.45, 2.75) is 39.7 Å². The molecular weight excluding hydrogens is 226 g/mol. The molecule has 4 nitrogen and oxygen atoms in total. The van der Waals surface area contributed by atoms with Crippen LogP contribution >= 0.6 is 0 Å². The minimum atomic E-state index is -0.177. The van der Waals surface area contributed by atoms with Gasteiger partial charge >= 0.3 is 0 Å². The molecule has 0 fully saturated rings. The fourth-order valence-corrected chi connectivity index (χ4v) is 1.63. The lowest BCUT2D eigenvalue weighted by Gasteiger charge is -2.25. The van der Waals surface area contributed by atoms with Gasteiger partial charge < -0.3 is 15.4 Å². The van der Waals surface area contributed by atoms with Gasteiger partial charge in [0.1, 0.15) is 11.6 Å². The van der Waals surface area contributed by atoms with Crippen LogP contribution in [0.3, 0.4) is 0 Å². The zero-order chi connectivity index (χ0) is 13.4. The minimum Gasteiger partial charge on any atom is -0.374 e. The summed E-state index contributed by atoms with van der Waals surface area (Å²) >= 11 is 0. The van der Waals surface area contributed by atoms with Crippen molar-refractivity contribution < 1.29 is 4.74 Å². The molecule has 0 atom stereocenters. The molecule has 1 aromatic heterocycles. The standard InChI is InChI=1S/C14H25N3O/c1-5-10-15-12-8-7-9-13(17-12)16-11-14(3,4)18-6-2/h7-9H,5-6,10-11H2,1-4H3,(H2,15,16,17). The topological polar surface area (TPSA) is 46.2 Å². The van der Waals surface area contributed by atoms with Crippen molar-refractivity contribution in [3.8, 4) is 0 Å². The van der Waals surface area contributed by atoms with E-state index in [0.717, 1.165) is 37.8 Å². The molecular formula is C14H25N3O. The average Bonchev–Trinajstić information content (AvgIpc) is 2.35. The van der Waals surface area contributed by atoms with Crippen LogP contribution in [-0.2, 0) is 4.74 Å². The summed E-state index contributed by atoms with van der Waals surface area (Å²) in [5.74, 6) is 1.79. The summed E-state index contributed by atoms with van der Waals surface area (Å²) in [6.45, 7) is 10.7. The second kappa shape index (κ2) is 7.21. The largest absolute Gasteiger partial charge is 0.374 e. The predicted molar refractivity (Wildman–Crippen MR) is 77.2 cm³/mol. The number of pyridine rings is 1. The second-order valence-corrected chi connectivity index (χ2v) is 4.88. The van der Waals surface area contributed by atoms with Gasteiger partial charge in [0.05, 0.1) is 5.60 Å². The highest BCUT2D eigenvalue weighted by Crippen LogP contribution is 2.13. The number of ether oxygens (including phenoxy) is 1. The van der Waals surface area contributed by atoms with E-state index in [1.165, 1.54) is 0 Å². The maximum absolute atomic E-state index is 5.64. The van der Waals surface area contributed by atoms with Crippen LogP contribution in [0.25, 0.3) is 0 Å². The number of anilines is 2.